The van der Waals surface area contributed by atoms with E-state index in [9.17, 15) is 4.79 Å². The summed E-state index contributed by atoms with van der Waals surface area (Å²) in [6, 6.07) is 0. The van der Waals surface area contributed by atoms with Crippen LogP contribution in [0.1, 0.15) is 71.1 Å². The van der Waals surface area contributed by atoms with E-state index in [0.29, 0.717) is 11.9 Å². The molecule has 16 heavy (non-hydrogen) atoms. The molecule has 1 saturated heterocycles. The van der Waals surface area contributed by atoms with Crippen molar-refractivity contribution in [3.8, 4) is 0 Å². The lowest BCUT2D eigenvalue weighted by Crippen LogP contribution is -2.25. The van der Waals surface area contributed by atoms with Crippen LogP contribution in [0.5, 0.6) is 0 Å². The molecule has 0 N–H and O–H groups in total. The molecule has 1 aliphatic heterocycles. The molecule has 2 fully saturated rings. The van der Waals surface area contributed by atoms with Crippen LogP contribution in [0.25, 0.3) is 0 Å². The average Bonchev–Trinajstić information content (AvgIpc) is 2.88. The van der Waals surface area contributed by atoms with E-state index in [1.807, 2.05) is 0 Å². The highest BCUT2D eigenvalue weighted by atomic mass is 16.5. The van der Waals surface area contributed by atoms with E-state index in [1.165, 1.54) is 38.5 Å². The first-order valence-corrected chi connectivity index (χ1v) is 6.94. The molecule has 0 amide bonds. The van der Waals surface area contributed by atoms with Crippen molar-refractivity contribution in [1.29, 1.82) is 0 Å². The molecule has 0 bridgehead atoms. The van der Waals surface area contributed by atoms with Gasteiger partial charge in [0.1, 0.15) is 5.78 Å². The highest BCUT2D eigenvalue weighted by Gasteiger charge is 2.41. The Morgan fingerprint density at radius 2 is 2.00 bits per heavy atom. The van der Waals surface area contributed by atoms with Gasteiger partial charge >= 0.3 is 0 Å². The highest BCUT2D eigenvalue weighted by Crippen LogP contribution is 2.44. The maximum Gasteiger partial charge on any atom is 0.132 e. The molecular formula is C14H24O2. The van der Waals surface area contributed by atoms with Gasteiger partial charge in [0.2, 0.25) is 0 Å². The monoisotopic (exact) mass is 224 g/mol. The molecule has 2 nitrogen and oxygen atoms in total. The molecule has 2 heteroatoms. The zero-order valence-corrected chi connectivity index (χ0v) is 10.5. The summed E-state index contributed by atoms with van der Waals surface area (Å²) in [5, 5.41) is 0. The van der Waals surface area contributed by atoms with Gasteiger partial charge < -0.3 is 4.74 Å². The second-order valence-corrected chi connectivity index (χ2v) is 5.50. The lowest BCUT2D eigenvalue weighted by atomic mass is 9.97. The predicted molar refractivity (Wildman–Crippen MR) is 64.5 cm³/mol. The van der Waals surface area contributed by atoms with Crippen LogP contribution in [0.4, 0.5) is 0 Å². The van der Waals surface area contributed by atoms with Gasteiger partial charge in [0.15, 0.2) is 0 Å². The van der Waals surface area contributed by atoms with Crippen LogP contribution in [0.3, 0.4) is 0 Å². The van der Waals surface area contributed by atoms with E-state index in [1.54, 1.807) is 0 Å². The Morgan fingerprint density at radius 3 is 2.69 bits per heavy atom. The molecule has 0 radical (unpaired) electrons. The third kappa shape index (κ3) is 2.85. The van der Waals surface area contributed by atoms with Crippen molar-refractivity contribution >= 4 is 5.78 Å². The summed E-state index contributed by atoms with van der Waals surface area (Å²) in [6.45, 7) is 2.07. The minimum atomic E-state index is 0.235. The van der Waals surface area contributed by atoms with Gasteiger partial charge in [-0.05, 0) is 38.5 Å². The van der Waals surface area contributed by atoms with Crippen LogP contribution >= 0.6 is 0 Å². The Morgan fingerprint density at radius 1 is 1.25 bits per heavy atom. The quantitative estimate of drug-likeness (QED) is 0.713. The topological polar surface area (TPSA) is 26.3 Å². The normalized spacial score (nSPS) is 27.7. The van der Waals surface area contributed by atoms with Gasteiger partial charge in [-0.15, -0.1) is 0 Å². The number of ketones is 1. The summed E-state index contributed by atoms with van der Waals surface area (Å²) in [4.78, 5) is 11.5. The van der Waals surface area contributed by atoms with Crippen LogP contribution in [0.15, 0.2) is 0 Å². The second kappa shape index (κ2) is 5.31. The van der Waals surface area contributed by atoms with Crippen LogP contribution in [-0.4, -0.2) is 17.5 Å². The number of rotatable bonds is 5. The van der Waals surface area contributed by atoms with E-state index in [4.69, 9.17) is 4.74 Å². The minimum absolute atomic E-state index is 0.235. The largest absolute Gasteiger partial charge is 0.372 e. The van der Waals surface area contributed by atoms with E-state index < -0.39 is 0 Å². The molecule has 1 heterocycles. The number of carbonyl (C=O) groups excluding carboxylic acids is 1. The number of Topliss-reactive ketones (excluding diaryl/α,β-unsaturated/α-hetero) is 1. The molecule has 1 atom stereocenters. The van der Waals surface area contributed by atoms with Gasteiger partial charge in [-0.1, -0.05) is 19.8 Å². The molecule has 1 unspecified atom stereocenters. The fraction of sp³-hybridized carbons (Fsp3) is 0.929. The lowest BCUT2D eigenvalue weighted by Gasteiger charge is -2.23. The van der Waals surface area contributed by atoms with Crippen molar-refractivity contribution in [3.63, 3.8) is 0 Å². The summed E-state index contributed by atoms with van der Waals surface area (Å²) in [5.41, 5.74) is 0.235. The summed E-state index contributed by atoms with van der Waals surface area (Å²) in [5.74, 6) is 0.415. The van der Waals surface area contributed by atoms with Gasteiger partial charge in [-0.25, -0.2) is 0 Å². The smallest absolute Gasteiger partial charge is 0.132 e. The van der Waals surface area contributed by atoms with Gasteiger partial charge in [0.25, 0.3) is 0 Å². The van der Waals surface area contributed by atoms with Crippen LogP contribution in [-0.2, 0) is 9.53 Å². The fourth-order valence-corrected chi connectivity index (χ4v) is 3.21. The highest BCUT2D eigenvalue weighted by molar-refractivity contribution is 5.78. The maximum absolute atomic E-state index is 11.5. The molecular weight excluding hydrogens is 200 g/mol. The molecule has 1 saturated carbocycles. The second-order valence-electron chi connectivity index (χ2n) is 5.50. The first kappa shape index (κ1) is 12.1. The number of hydrogen-bond acceptors (Lipinski definition) is 2. The first-order valence-electron chi connectivity index (χ1n) is 6.94. The van der Waals surface area contributed by atoms with E-state index in [0.717, 1.165) is 25.7 Å². The zero-order valence-electron chi connectivity index (χ0n) is 10.5. The summed E-state index contributed by atoms with van der Waals surface area (Å²) in [7, 11) is 0. The van der Waals surface area contributed by atoms with Gasteiger partial charge in [0, 0.05) is 12.8 Å². The van der Waals surface area contributed by atoms with Crippen molar-refractivity contribution in [2.75, 3.05) is 0 Å². The predicted octanol–water partition coefficient (Wildman–Crippen LogP) is 3.63. The Bertz CT molecular complexity index is 241. The fourth-order valence-electron chi connectivity index (χ4n) is 3.21. The van der Waals surface area contributed by atoms with Crippen LogP contribution in [0, 0.1) is 0 Å². The molecule has 1 spiro atoms. The Labute approximate surface area is 98.7 Å². The van der Waals surface area contributed by atoms with Crippen molar-refractivity contribution in [2.45, 2.75) is 82.8 Å². The molecule has 92 valence electrons. The van der Waals surface area contributed by atoms with Crippen LogP contribution < -0.4 is 0 Å². The molecule has 0 aromatic carbocycles. The average molecular weight is 224 g/mol. The van der Waals surface area contributed by atoms with Gasteiger partial charge in [-0.3, -0.25) is 4.79 Å². The van der Waals surface area contributed by atoms with Crippen LogP contribution in [0.2, 0.25) is 0 Å². The summed E-state index contributed by atoms with van der Waals surface area (Å²) in [6.07, 6.45) is 11.4. The number of carbonyl (C=O) groups is 1. The van der Waals surface area contributed by atoms with E-state index in [2.05, 4.69) is 6.92 Å². The van der Waals surface area contributed by atoms with Crippen molar-refractivity contribution in [3.05, 3.63) is 0 Å². The molecule has 0 aromatic heterocycles. The Hall–Kier alpha value is -0.370. The standard InChI is InChI=1S/C14H24O2/c1-2-5-12(15)6-7-13-8-11-14(16-13)9-3-4-10-14/h13H,2-11H2,1H3. The third-order valence-electron chi connectivity index (χ3n) is 4.13. The minimum Gasteiger partial charge on any atom is -0.372 e. The maximum atomic E-state index is 11.5. The van der Waals surface area contributed by atoms with Crippen molar-refractivity contribution in [2.24, 2.45) is 0 Å². The Balaban J connectivity index is 1.70. The summed E-state index contributed by atoms with van der Waals surface area (Å²) >= 11 is 0. The van der Waals surface area contributed by atoms with Gasteiger partial charge in [0.05, 0.1) is 11.7 Å². The van der Waals surface area contributed by atoms with Crippen molar-refractivity contribution in [1.82, 2.24) is 0 Å². The van der Waals surface area contributed by atoms with Gasteiger partial charge in [-0.2, -0.15) is 0 Å². The summed E-state index contributed by atoms with van der Waals surface area (Å²) < 4.78 is 6.19. The van der Waals surface area contributed by atoms with E-state index >= 15 is 0 Å². The molecule has 2 rings (SSSR count). The molecule has 0 aromatic rings. The van der Waals surface area contributed by atoms with Crippen molar-refractivity contribution < 1.29 is 9.53 Å². The Kier molecular flexibility index (Phi) is 4.01. The first-order chi connectivity index (χ1) is 7.74. The molecule has 2 aliphatic rings. The number of hydrogen-bond donors (Lipinski definition) is 0. The van der Waals surface area contributed by atoms with E-state index in [-0.39, 0.29) is 5.60 Å². The zero-order chi connectivity index (χ0) is 11.4. The lowest BCUT2D eigenvalue weighted by molar-refractivity contribution is -0.120. The SMILES string of the molecule is CCCC(=O)CCC1CCC2(CCCC2)O1. The molecule has 1 aliphatic carbocycles. The third-order valence-corrected chi connectivity index (χ3v) is 4.13. The number of ether oxygens (including phenoxy) is 1.